The third-order valence-corrected chi connectivity index (χ3v) is 9.37. The van der Waals surface area contributed by atoms with E-state index in [9.17, 15) is 9.36 Å². The number of ketones is 1. The van der Waals surface area contributed by atoms with Crippen LogP contribution in [0.4, 0.5) is 0 Å². The van der Waals surface area contributed by atoms with Crippen LogP contribution >= 0.6 is 7.82 Å². The number of carbonyl (C=O) groups excluding carboxylic acids is 1. The standard InChI is InChI=1S/C22H34NO6P/c1-14(24)18-6-7-19-17-5-4-15-12-16(23-28-13-29-30(25,26)27)8-10-21(15,2)20(17)9-11-22(18,19)3/h12,17-20H,4-11,13H2,1-3H3,(H2,25,26,27)/b23-16+. The molecule has 4 aliphatic rings. The van der Waals surface area contributed by atoms with E-state index in [2.05, 4.69) is 29.6 Å². The maximum Gasteiger partial charge on any atom is 0.472 e. The highest BCUT2D eigenvalue weighted by molar-refractivity contribution is 7.46. The van der Waals surface area contributed by atoms with Crippen molar-refractivity contribution in [3.8, 4) is 0 Å². The topological polar surface area (TPSA) is 105 Å². The number of hydrogen-bond acceptors (Lipinski definition) is 5. The van der Waals surface area contributed by atoms with Crippen LogP contribution in [0.3, 0.4) is 0 Å². The first kappa shape index (κ1) is 22.2. The number of allylic oxidation sites excluding steroid dienone is 2. The molecule has 3 fully saturated rings. The number of nitrogens with zero attached hydrogens (tertiary/aromatic N) is 1. The van der Waals surface area contributed by atoms with E-state index >= 15 is 0 Å². The summed E-state index contributed by atoms with van der Waals surface area (Å²) in [6.07, 6.45) is 10.8. The Morgan fingerprint density at radius 1 is 1.17 bits per heavy atom. The zero-order chi connectivity index (χ0) is 21.7. The molecular weight excluding hydrogens is 405 g/mol. The van der Waals surface area contributed by atoms with Crippen molar-refractivity contribution < 1.29 is 28.5 Å². The van der Waals surface area contributed by atoms with Crippen LogP contribution in [0.25, 0.3) is 0 Å². The van der Waals surface area contributed by atoms with Crippen molar-refractivity contribution in [2.45, 2.75) is 72.1 Å². The predicted molar refractivity (Wildman–Crippen MR) is 112 cm³/mol. The van der Waals surface area contributed by atoms with Crippen molar-refractivity contribution in [2.24, 2.45) is 39.7 Å². The molecule has 30 heavy (non-hydrogen) atoms. The summed E-state index contributed by atoms with van der Waals surface area (Å²) in [6, 6.07) is 0. The molecule has 0 aromatic rings. The molecule has 7 nitrogen and oxygen atoms in total. The zero-order valence-electron chi connectivity index (χ0n) is 18.2. The van der Waals surface area contributed by atoms with Crippen LogP contribution in [0.15, 0.2) is 16.8 Å². The van der Waals surface area contributed by atoms with Crippen molar-refractivity contribution in [1.29, 1.82) is 0 Å². The number of phosphoric acid groups is 1. The van der Waals surface area contributed by atoms with Crippen molar-refractivity contribution in [3.05, 3.63) is 11.6 Å². The Balaban J connectivity index is 1.48. The summed E-state index contributed by atoms with van der Waals surface area (Å²) in [7, 11) is -4.54. The van der Waals surface area contributed by atoms with Crippen LogP contribution in [0.5, 0.6) is 0 Å². The molecule has 4 aliphatic carbocycles. The van der Waals surface area contributed by atoms with Gasteiger partial charge in [0.25, 0.3) is 0 Å². The van der Waals surface area contributed by atoms with Gasteiger partial charge in [-0.2, -0.15) is 0 Å². The van der Waals surface area contributed by atoms with E-state index in [1.165, 1.54) is 24.8 Å². The SMILES string of the molecule is CC(=O)C1CCC2C3CCC4=C/C(=N/OCOP(=O)(O)O)CCC4(C)C3CCC12C. The van der Waals surface area contributed by atoms with E-state index in [1.54, 1.807) is 6.92 Å². The van der Waals surface area contributed by atoms with Gasteiger partial charge in [-0.05, 0) is 93.0 Å². The number of Topliss-reactive ketones (excluding diaryl/α,β-unsaturated/α-hetero) is 1. The lowest BCUT2D eigenvalue weighted by Crippen LogP contribution is -2.51. The van der Waals surface area contributed by atoms with E-state index in [0.29, 0.717) is 23.5 Å². The van der Waals surface area contributed by atoms with Gasteiger partial charge in [0.05, 0.1) is 5.71 Å². The minimum atomic E-state index is -4.54. The Hall–Kier alpha value is -1.01. The third-order valence-electron chi connectivity index (χ3n) is 8.92. The predicted octanol–water partition coefficient (Wildman–Crippen LogP) is 4.59. The first-order valence-corrected chi connectivity index (χ1v) is 12.7. The van der Waals surface area contributed by atoms with Gasteiger partial charge in [-0.25, -0.2) is 9.09 Å². The molecule has 0 bridgehead atoms. The minimum absolute atomic E-state index is 0.167. The third kappa shape index (κ3) is 3.83. The Bertz CT molecular complexity index is 818. The molecule has 0 aliphatic heterocycles. The molecule has 0 heterocycles. The molecule has 4 rings (SSSR count). The van der Waals surface area contributed by atoms with E-state index in [-0.39, 0.29) is 16.7 Å². The van der Waals surface area contributed by atoms with Crippen molar-refractivity contribution in [2.75, 3.05) is 6.79 Å². The van der Waals surface area contributed by atoms with Crippen LogP contribution in [-0.4, -0.2) is 28.1 Å². The molecule has 0 aromatic heterocycles. The molecule has 168 valence electrons. The monoisotopic (exact) mass is 439 g/mol. The van der Waals surface area contributed by atoms with E-state index in [1.807, 2.05) is 0 Å². The molecular formula is C22H34NO6P. The molecule has 2 N–H and O–H groups in total. The Morgan fingerprint density at radius 2 is 1.93 bits per heavy atom. The van der Waals surface area contributed by atoms with Gasteiger partial charge < -0.3 is 14.6 Å². The van der Waals surface area contributed by atoms with Crippen molar-refractivity contribution in [3.63, 3.8) is 0 Å². The lowest BCUT2D eigenvalue weighted by Gasteiger charge is -2.58. The molecule has 6 unspecified atom stereocenters. The van der Waals surface area contributed by atoms with Gasteiger partial charge in [0.1, 0.15) is 5.78 Å². The minimum Gasteiger partial charge on any atom is -0.366 e. The van der Waals surface area contributed by atoms with Gasteiger partial charge in [0.2, 0.25) is 6.79 Å². The van der Waals surface area contributed by atoms with Crippen molar-refractivity contribution >= 4 is 19.3 Å². The van der Waals surface area contributed by atoms with E-state index < -0.39 is 14.6 Å². The second kappa shape index (κ2) is 7.84. The first-order chi connectivity index (χ1) is 14.0. The Kier molecular flexibility index (Phi) is 5.80. The summed E-state index contributed by atoms with van der Waals surface area (Å²) in [4.78, 5) is 34.7. The van der Waals surface area contributed by atoms with Gasteiger partial charge in [-0.3, -0.25) is 4.79 Å². The van der Waals surface area contributed by atoms with Crippen LogP contribution in [0.1, 0.15) is 72.1 Å². The fraction of sp³-hybridized carbons (Fsp3) is 0.818. The number of oxime groups is 1. The summed E-state index contributed by atoms with van der Waals surface area (Å²) in [6.45, 7) is 6.01. The van der Waals surface area contributed by atoms with E-state index in [4.69, 9.17) is 14.6 Å². The molecule has 0 spiro atoms. The van der Waals surface area contributed by atoms with E-state index in [0.717, 1.165) is 37.8 Å². The van der Waals surface area contributed by atoms with Gasteiger partial charge in [0, 0.05) is 5.92 Å². The average Bonchev–Trinajstić information content (AvgIpc) is 3.02. The maximum absolute atomic E-state index is 12.3. The van der Waals surface area contributed by atoms with Crippen LogP contribution in [0.2, 0.25) is 0 Å². The number of phosphoric ester groups is 1. The Labute approximate surface area is 178 Å². The highest BCUT2D eigenvalue weighted by atomic mass is 31.2. The first-order valence-electron chi connectivity index (χ1n) is 11.1. The summed E-state index contributed by atoms with van der Waals surface area (Å²) in [5.41, 5.74) is 2.59. The second-order valence-corrected chi connectivity index (χ2v) is 11.5. The van der Waals surface area contributed by atoms with Gasteiger partial charge in [-0.1, -0.05) is 24.6 Å². The highest BCUT2D eigenvalue weighted by Crippen LogP contribution is 2.66. The number of carbonyl (C=O) groups is 1. The lowest BCUT2D eigenvalue weighted by molar-refractivity contribution is -0.127. The van der Waals surface area contributed by atoms with Crippen LogP contribution in [-0.2, 0) is 18.7 Å². The van der Waals surface area contributed by atoms with Gasteiger partial charge >= 0.3 is 7.82 Å². The number of fused-ring (bicyclic) bond motifs is 5. The van der Waals surface area contributed by atoms with Crippen LogP contribution < -0.4 is 0 Å². The van der Waals surface area contributed by atoms with Crippen molar-refractivity contribution in [1.82, 2.24) is 0 Å². The highest BCUT2D eigenvalue weighted by Gasteiger charge is 2.59. The molecule has 0 aromatic carbocycles. The summed E-state index contributed by atoms with van der Waals surface area (Å²) < 4.78 is 15.0. The number of rotatable bonds is 5. The summed E-state index contributed by atoms with van der Waals surface area (Å²) >= 11 is 0. The molecule has 3 saturated carbocycles. The van der Waals surface area contributed by atoms with Gasteiger partial charge in [-0.15, -0.1) is 0 Å². The van der Waals surface area contributed by atoms with Crippen LogP contribution in [0, 0.1) is 34.5 Å². The number of hydrogen-bond donors (Lipinski definition) is 2. The van der Waals surface area contributed by atoms with Gasteiger partial charge in [0.15, 0.2) is 0 Å². The lowest BCUT2D eigenvalue weighted by atomic mass is 9.46. The molecule has 8 heteroatoms. The fourth-order valence-electron chi connectivity index (χ4n) is 7.51. The molecule has 0 amide bonds. The normalized spacial score (nSPS) is 42.2. The average molecular weight is 439 g/mol. The summed E-state index contributed by atoms with van der Waals surface area (Å²) in [5, 5.41) is 4.04. The molecule has 0 radical (unpaired) electrons. The summed E-state index contributed by atoms with van der Waals surface area (Å²) in [5.74, 6) is 2.63. The quantitative estimate of drug-likeness (QED) is 0.281. The molecule has 0 saturated heterocycles. The largest absolute Gasteiger partial charge is 0.472 e. The smallest absolute Gasteiger partial charge is 0.366 e. The molecule has 6 atom stereocenters. The second-order valence-electron chi connectivity index (χ2n) is 10.2. The Morgan fingerprint density at radius 3 is 2.63 bits per heavy atom. The maximum atomic E-state index is 12.3. The fourth-order valence-corrected chi connectivity index (χ4v) is 7.70. The zero-order valence-corrected chi connectivity index (χ0v) is 19.1.